The molecule has 9 nitrogen and oxygen atoms in total. The highest BCUT2D eigenvalue weighted by molar-refractivity contribution is 7.92. The summed E-state index contributed by atoms with van der Waals surface area (Å²) in [4.78, 5) is 21.9. The molecule has 11 heteroatoms. The summed E-state index contributed by atoms with van der Waals surface area (Å²) in [6.07, 6.45) is 0.764. The monoisotopic (exact) mass is 508 g/mol. The third-order valence-electron chi connectivity index (χ3n) is 5.17. The molecule has 0 saturated heterocycles. The second kappa shape index (κ2) is 12.2. The van der Waals surface area contributed by atoms with Crippen LogP contribution in [0.1, 0.15) is 50.8 Å². The van der Waals surface area contributed by atoms with Gasteiger partial charge >= 0.3 is 0 Å². The van der Waals surface area contributed by atoms with Crippen molar-refractivity contribution in [2.45, 2.75) is 51.7 Å². The van der Waals surface area contributed by atoms with Crippen molar-refractivity contribution in [3.63, 3.8) is 0 Å². The normalized spacial score (nSPS) is 13.7. The van der Waals surface area contributed by atoms with E-state index < -0.39 is 28.0 Å². The Balaban J connectivity index is 2.49. The molecule has 2 aromatic rings. The molecular weight excluding hydrogens is 475 g/mol. The number of sulfonamides is 1. The van der Waals surface area contributed by atoms with Crippen molar-refractivity contribution in [2.75, 3.05) is 24.6 Å². The van der Waals surface area contributed by atoms with Gasteiger partial charge in [0.05, 0.1) is 35.8 Å². The van der Waals surface area contributed by atoms with E-state index in [1.54, 1.807) is 20.2 Å². The Bertz CT molecular complexity index is 1150. The molecule has 35 heavy (non-hydrogen) atoms. The van der Waals surface area contributed by atoms with Crippen molar-refractivity contribution in [1.29, 1.82) is 0 Å². The Morgan fingerprint density at radius 3 is 2.34 bits per heavy atom. The highest BCUT2D eigenvalue weighted by Crippen LogP contribution is 2.31. The lowest BCUT2D eigenvalue weighted by atomic mass is 9.97. The minimum Gasteiger partial charge on any atom is -0.392 e. The van der Waals surface area contributed by atoms with Crippen molar-refractivity contribution in [3.8, 4) is 11.3 Å². The van der Waals surface area contributed by atoms with E-state index in [0.29, 0.717) is 22.5 Å². The van der Waals surface area contributed by atoms with E-state index in [4.69, 9.17) is 0 Å². The van der Waals surface area contributed by atoms with Crippen LogP contribution in [0, 0.1) is 5.82 Å². The van der Waals surface area contributed by atoms with Gasteiger partial charge in [0.1, 0.15) is 5.82 Å². The number of aliphatic hydroxyl groups excluding tert-OH is 2. The highest BCUT2D eigenvalue weighted by Gasteiger charge is 2.20. The molecule has 1 amide bonds. The van der Waals surface area contributed by atoms with E-state index in [2.05, 4.69) is 14.7 Å². The van der Waals surface area contributed by atoms with Crippen molar-refractivity contribution in [2.24, 2.45) is 0 Å². The first kappa shape index (κ1) is 28.3. The largest absolute Gasteiger partial charge is 0.392 e. The second-order valence-electron chi connectivity index (χ2n) is 8.67. The van der Waals surface area contributed by atoms with Gasteiger partial charge in [-0.15, -0.1) is 0 Å². The molecule has 1 aromatic heterocycles. The minimum atomic E-state index is -3.64. The van der Waals surface area contributed by atoms with E-state index in [-0.39, 0.29) is 36.4 Å². The van der Waals surface area contributed by atoms with Gasteiger partial charge in [-0.3, -0.25) is 9.52 Å². The van der Waals surface area contributed by atoms with Crippen LogP contribution in [0.15, 0.2) is 30.3 Å². The molecule has 0 unspecified atom stereocenters. The predicted octanol–water partition coefficient (Wildman–Crippen LogP) is 2.77. The molecule has 0 spiro atoms. The maximum Gasteiger partial charge on any atom is 0.237 e. The van der Waals surface area contributed by atoms with E-state index >= 15 is 0 Å². The van der Waals surface area contributed by atoms with Crippen LogP contribution in [-0.2, 0) is 14.8 Å². The zero-order valence-corrected chi connectivity index (χ0v) is 21.4. The van der Waals surface area contributed by atoms with E-state index in [0.717, 1.165) is 0 Å². The standard InChI is InChI=1S/C24H33FN4O5S/c1-6-35(33,34)28-24-26-22(15(2)3)20(23(27-24)16-7-9-17(25)10-8-16)12-11-18(30)13-19(31)14-21(32)29(4)5/h7-12,15,18-19,30-31H,6,13-14H2,1-5H3,(H,26,27,28)/b12-11+/t18-,19-/m1/s1. The number of halogens is 1. The van der Waals surface area contributed by atoms with Gasteiger partial charge in [0.15, 0.2) is 0 Å². The SMILES string of the molecule is CCS(=O)(=O)Nc1nc(-c2ccc(F)cc2)c(/C=C/[C@@H](O)C[C@@H](O)CC(=O)N(C)C)c(C(C)C)n1. The predicted molar refractivity (Wildman–Crippen MR) is 134 cm³/mol. The average molecular weight is 509 g/mol. The first-order valence-electron chi connectivity index (χ1n) is 11.3. The topological polar surface area (TPSA) is 133 Å². The van der Waals surface area contributed by atoms with Gasteiger partial charge in [-0.05, 0) is 37.1 Å². The molecule has 0 fully saturated rings. The van der Waals surface area contributed by atoms with E-state index in [1.807, 2.05) is 13.8 Å². The quantitative estimate of drug-likeness (QED) is 0.425. The molecule has 0 radical (unpaired) electrons. The number of carbonyl (C=O) groups is 1. The van der Waals surface area contributed by atoms with Crippen molar-refractivity contribution in [3.05, 3.63) is 47.4 Å². The number of aliphatic hydroxyl groups is 2. The van der Waals surface area contributed by atoms with E-state index in [1.165, 1.54) is 42.2 Å². The smallest absolute Gasteiger partial charge is 0.237 e. The summed E-state index contributed by atoms with van der Waals surface area (Å²) in [7, 11) is -0.474. The van der Waals surface area contributed by atoms with Gasteiger partial charge in [-0.1, -0.05) is 26.0 Å². The fourth-order valence-electron chi connectivity index (χ4n) is 3.21. The minimum absolute atomic E-state index is 0.0613. The molecule has 0 aliphatic rings. The Labute approximate surface area is 205 Å². The van der Waals surface area contributed by atoms with E-state index in [9.17, 15) is 27.8 Å². The van der Waals surface area contributed by atoms with Gasteiger partial charge in [-0.25, -0.2) is 22.8 Å². The van der Waals surface area contributed by atoms with Crippen LogP contribution in [0.4, 0.5) is 10.3 Å². The first-order chi connectivity index (χ1) is 16.3. The molecule has 2 atom stereocenters. The van der Waals surface area contributed by atoms with Crippen LogP contribution in [-0.4, -0.2) is 71.5 Å². The molecule has 1 aromatic carbocycles. The van der Waals surface area contributed by atoms with Gasteiger partial charge in [0.25, 0.3) is 0 Å². The first-order valence-corrected chi connectivity index (χ1v) is 12.9. The van der Waals surface area contributed by atoms with Crippen LogP contribution in [0.3, 0.4) is 0 Å². The summed E-state index contributed by atoms with van der Waals surface area (Å²) < 4.78 is 40.2. The van der Waals surface area contributed by atoms with Crippen molar-refractivity contribution >= 4 is 28.0 Å². The summed E-state index contributed by atoms with van der Waals surface area (Å²) >= 11 is 0. The lowest BCUT2D eigenvalue weighted by Gasteiger charge is -2.18. The van der Waals surface area contributed by atoms with Crippen LogP contribution in [0.5, 0.6) is 0 Å². The molecule has 3 N–H and O–H groups in total. The summed E-state index contributed by atoms with van der Waals surface area (Å²) in [6, 6.07) is 5.57. The molecule has 0 saturated carbocycles. The maximum atomic E-state index is 13.6. The lowest BCUT2D eigenvalue weighted by Crippen LogP contribution is -2.28. The molecule has 0 bridgehead atoms. The molecule has 1 heterocycles. The second-order valence-corrected chi connectivity index (χ2v) is 10.7. The zero-order chi connectivity index (χ0) is 26.3. The van der Waals surface area contributed by atoms with Gasteiger partial charge in [0, 0.05) is 31.6 Å². The maximum absolute atomic E-state index is 13.6. The van der Waals surface area contributed by atoms with Gasteiger partial charge in [0.2, 0.25) is 21.9 Å². The zero-order valence-electron chi connectivity index (χ0n) is 20.6. The Morgan fingerprint density at radius 1 is 1.17 bits per heavy atom. The third kappa shape index (κ3) is 8.37. The van der Waals surface area contributed by atoms with Crippen LogP contribution in [0.2, 0.25) is 0 Å². The molecule has 2 rings (SSSR count). The summed E-state index contributed by atoms with van der Waals surface area (Å²) in [5, 5.41) is 20.6. The number of hydrogen-bond acceptors (Lipinski definition) is 7. The number of anilines is 1. The molecule has 0 aliphatic heterocycles. The molecule has 0 aliphatic carbocycles. The number of aromatic nitrogens is 2. The number of carbonyl (C=O) groups excluding carboxylic acids is 1. The summed E-state index contributed by atoms with van der Waals surface area (Å²) in [5.74, 6) is -1.11. The molecule has 192 valence electrons. The van der Waals surface area contributed by atoms with Crippen LogP contribution >= 0.6 is 0 Å². The van der Waals surface area contributed by atoms with Crippen molar-refractivity contribution in [1.82, 2.24) is 14.9 Å². The Kier molecular flexibility index (Phi) is 9.87. The highest BCUT2D eigenvalue weighted by atomic mass is 32.2. The third-order valence-corrected chi connectivity index (χ3v) is 6.43. The number of amides is 1. The number of nitrogens with zero attached hydrogens (tertiary/aromatic N) is 3. The van der Waals surface area contributed by atoms with Gasteiger partial charge in [-0.2, -0.15) is 0 Å². The molecular formula is C24H33FN4O5S. The Hall–Kier alpha value is -2.89. The van der Waals surface area contributed by atoms with Crippen LogP contribution < -0.4 is 4.72 Å². The number of nitrogens with one attached hydrogen (secondary N) is 1. The number of rotatable bonds is 11. The fraction of sp³-hybridized carbons (Fsp3) is 0.458. The van der Waals surface area contributed by atoms with Crippen LogP contribution in [0.25, 0.3) is 17.3 Å². The number of benzene rings is 1. The fourth-order valence-corrected chi connectivity index (χ4v) is 3.72. The summed E-state index contributed by atoms with van der Waals surface area (Å²) in [5.41, 5.74) is 1.91. The van der Waals surface area contributed by atoms with Gasteiger partial charge < -0.3 is 15.1 Å². The number of hydrogen-bond donors (Lipinski definition) is 3. The average Bonchev–Trinajstić information content (AvgIpc) is 2.77. The Morgan fingerprint density at radius 2 is 1.80 bits per heavy atom. The lowest BCUT2D eigenvalue weighted by molar-refractivity contribution is -0.130. The summed E-state index contributed by atoms with van der Waals surface area (Å²) in [6.45, 7) is 5.24. The van der Waals surface area contributed by atoms with Crippen molar-refractivity contribution < 1.29 is 27.8 Å².